The zero-order valence-corrected chi connectivity index (χ0v) is 11.9. The van der Waals surface area contributed by atoms with Crippen LogP contribution in [0.25, 0.3) is 0 Å². The van der Waals surface area contributed by atoms with Crippen LogP contribution in [0, 0.1) is 0 Å². The van der Waals surface area contributed by atoms with Crippen molar-refractivity contribution < 1.29 is 10.0 Å². The second-order valence-corrected chi connectivity index (χ2v) is 6.04. The molecule has 1 aromatic rings. The molecule has 1 unspecified atom stereocenters. The quantitative estimate of drug-likeness (QED) is 0.764. The molecular weight excluding hydrogens is 251 g/mol. The van der Waals surface area contributed by atoms with E-state index in [1.807, 2.05) is 12.1 Å². The van der Waals surface area contributed by atoms with Crippen LogP contribution in [0.5, 0.6) is 0 Å². The second kappa shape index (κ2) is 6.27. The summed E-state index contributed by atoms with van der Waals surface area (Å²) in [6, 6.07) is 8.37. The number of benzene rings is 1. The molecule has 0 aromatic heterocycles. The van der Waals surface area contributed by atoms with E-state index in [9.17, 15) is 10.0 Å². The Kier molecular flexibility index (Phi) is 4.41. The summed E-state index contributed by atoms with van der Waals surface area (Å²) in [7, 11) is -1.37. The molecule has 2 aliphatic heterocycles. The first-order chi connectivity index (χ1) is 9.72. The Balaban J connectivity index is 1.66. The molecule has 2 fully saturated rings. The summed E-state index contributed by atoms with van der Waals surface area (Å²) in [5, 5.41) is 18.5. The zero-order valence-electron chi connectivity index (χ0n) is 11.9. The second-order valence-electron chi connectivity index (χ2n) is 6.04. The van der Waals surface area contributed by atoms with Gasteiger partial charge in [-0.2, -0.15) is 0 Å². The van der Waals surface area contributed by atoms with Crippen molar-refractivity contribution in [3.63, 3.8) is 0 Å². The highest BCUT2D eigenvalue weighted by molar-refractivity contribution is 6.58. The molecule has 2 heterocycles. The molecule has 108 valence electrons. The molecule has 0 aliphatic carbocycles. The molecule has 4 nitrogen and oxygen atoms in total. The number of hydrogen-bond donors (Lipinski definition) is 2. The average Bonchev–Trinajstić information content (AvgIpc) is 2.78. The van der Waals surface area contributed by atoms with Crippen LogP contribution in [0.2, 0.25) is 0 Å². The molecule has 2 saturated heterocycles. The lowest BCUT2D eigenvalue weighted by atomic mass is 9.79. The van der Waals surface area contributed by atoms with E-state index in [2.05, 4.69) is 15.9 Å². The van der Waals surface area contributed by atoms with E-state index >= 15 is 0 Å². The maximum atomic E-state index is 9.26. The van der Waals surface area contributed by atoms with E-state index in [1.165, 1.54) is 37.9 Å². The molecule has 2 N–H and O–H groups in total. The minimum atomic E-state index is -1.37. The summed E-state index contributed by atoms with van der Waals surface area (Å²) in [4.78, 5) is 5.15. The smallest absolute Gasteiger partial charge is 0.423 e. The van der Waals surface area contributed by atoms with E-state index in [4.69, 9.17) is 0 Å². The van der Waals surface area contributed by atoms with Gasteiger partial charge in [-0.1, -0.05) is 24.3 Å². The van der Waals surface area contributed by atoms with Crippen LogP contribution in [-0.2, 0) is 6.54 Å². The Hall–Kier alpha value is -0.875. The predicted octanol–water partition coefficient (Wildman–Crippen LogP) is 0.0365. The lowest BCUT2D eigenvalue weighted by molar-refractivity contribution is 0.215. The van der Waals surface area contributed by atoms with Gasteiger partial charge < -0.3 is 10.0 Å². The number of hydrogen-bond acceptors (Lipinski definition) is 4. The van der Waals surface area contributed by atoms with E-state index in [1.54, 1.807) is 6.07 Å². The molecule has 0 spiro atoms. The van der Waals surface area contributed by atoms with Crippen LogP contribution in [0.4, 0.5) is 0 Å². The third kappa shape index (κ3) is 3.23. The summed E-state index contributed by atoms with van der Waals surface area (Å²) in [6.07, 6.45) is 3.90. The molecule has 3 rings (SSSR count). The Bertz CT molecular complexity index is 455. The fourth-order valence-electron chi connectivity index (χ4n) is 3.54. The van der Waals surface area contributed by atoms with Gasteiger partial charge in [0.1, 0.15) is 0 Å². The Morgan fingerprint density at radius 1 is 1.15 bits per heavy atom. The average molecular weight is 274 g/mol. The van der Waals surface area contributed by atoms with Crippen LogP contribution in [0.15, 0.2) is 24.3 Å². The van der Waals surface area contributed by atoms with Gasteiger partial charge in [0.05, 0.1) is 0 Å². The first-order valence-electron chi connectivity index (χ1n) is 7.64. The van der Waals surface area contributed by atoms with Gasteiger partial charge in [0, 0.05) is 19.1 Å². The van der Waals surface area contributed by atoms with Gasteiger partial charge in [-0.25, -0.2) is 0 Å². The first-order valence-corrected chi connectivity index (χ1v) is 7.64. The van der Waals surface area contributed by atoms with Crippen molar-refractivity contribution in [2.24, 2.45) is 0 Å². The summed E-state index contributed by atoms with van der Waals surface area (Å²) in [5.41, 5.74) is 1.75. The maximum absolute atomic E-state index is 9.26. The summed E-state index contributed by atoms with van der Waals surface area (Å²) in [5.74, 6) is 0. The largest absolute Gasteiger partial charge is 0.488 e. The minimum Gasteiger partial charge on any atom is -0.423 e. The molecule has 5 heteroatoms. The SMILES string of the molecule is OB(O)c1cccc(CN2CCCN3CCCC3C2)c1. The molecule has 0 saturated carbocycles. The standard InChI is InChI=1S/C15H23BN2O2/c19-16(20)14-5-1-4-13(10-14)11-17-7-3-9-18-8-2-6-15(18)12-17/h1,4-5,10,15,19-20H,2-3,6-9,11-12H2. The highest BCUT2D eigenvalue weighted by Crippen LogP contribution is 2.22. The third-order valence-corrected chi connectivity index (χ3v) is 4.54. The van der Waals surface area contributed by atoms with Gasteiger partial charge in [0.25, 0.3) is 0 Å². The van der Waals surface area contributed by atoms with Crippen LogP contribution >= 0.6 is 0 Å². The fourth-order valence-corrected chi connectivity index (χ4v) is 3.54. The van der Waals surface area contributed by atoms with Crippen molar-refractivity contribution in [3.05, 3.63) is 29.8 Å². The Labute approximate surface area is 121 Å². The lowest BCUT2D eigenvalue weighted by Crippen LogP contribution is -2.36. The fraction of sp³-hybridized carbons (Fsp3) is 0.600. The van der Waals surface area contributed by atoms with Crippen molar-refractivity contribution in [2.45, 2.75) is 31.8 Å². The molecule has 1 aromatic carbocycles. The van der Waals surface area contributed by atoms with Crippen LogP contribution in [-0.4, -0.2) is 59.2 Å². The topological polar surface area (TPSA) is 46.9 Å². The predicted molar refractivity (Wildman–Crippen MR) is 80.8 cm³/mol. The van der Waals surface area contributed by atoms with Gasteiger partial charge in [0.2, 0.25) is 0 Å². The highest BCUT2D eigenvalue weighted by Gasteiger charge is 2.28. The molecule has 0 bridgehead atoms. The summed E-state index contributed by atoms with van der Waals surface area (Å²) < 4.78 is 0. The van der Waals surface area contributed by atoms with Gasteiger partial charge in [-0.15, -0.1) is 0 Å². The van der Waals surface area contributed by atoms with Crippen molar-refractivity contribution >= 4 is 12.6 Å². The van der Waals surface area contributed by atoms with E-state index in [0.717, 1.165) is 25.7 Å². The highest BCUT2D eigenvalue weighted by atomic mass is 16.4. The lowest BCUT2D eigenvalue weighted by Gasteiger charge is -2.25. The number of nitrogens with zero attached hydrogens (tertiary/aromatic N) is 2. The van der Waals surface area contributed by atoms with Crippen molar-refractivity contribution in [1.82, 2.24) is 9.80 Å². The van der Waals surface area contributed by atoms with Gasteiger partial charge in [0.15, 0.2) is 0 Å². The van der Waals surface area contributed by atoms with Gasteiger partial charge in [-0.3, -0.25) is 9.80 Å². The molecule has 1 atom stereocenters. The Morgan fingerprint density at radius 3 is 2.85 bits per heavy atom. The molecular formula is C15H23BN2O2. The van der Waals surface area contributed by atoms with Crippen LogP contribution < -0.4 is 5.46 Å². The van der Waals surface area contributed by atoms with Crippen molar-refractivity contribution in [2.75, 3.05) is 26.2 Å². The number of fused-ring (bicyclic) bond motifs is 1. The van der Waals surface area contributed by atoms with E-state index in [0.29, 0.717) is 5.46 Å². The van der Waals surface area contributed by atoms with Crippen molar-refractivity contribution in [1.29, 1.82) is 0 Å². The minimum absolute atomic E-state index is 0.583. The van der Waals surface area contributed by atoms with Crippen molar-refractivity contribution in [3.8, 4) is 0 Å². The molecule has 20 heavy (non-hydrogen) atoms. The normalized spacial score (nSPS) is 24.4. The third-order valence-electron chi connectivity index (χ3n) is 4.54. The van der Waals surface area contributed by atoms with E-state index in [-0.39, 0.29) is 0 Å². The molecule has 0 amide bonds. The first kappa shape index (κ1) is 14.1. The van der Waals surface area contributed by atoms with E-state index < -0.39 is 7.12 Å². The van der Waals surface area contributed by atoms with Gasteiger partial charge in [-0.05, 0) is 49.9 Å². The maximum Gasteiger partial charge on any atom is 0.488 e. The summed E-state index contributed by atoms with van der Waals surface area (Å²) in [6.45, 7) is 5.69. The summed E-state index contributed by atoms with van der Waals surface area (Å²) >= 11 is 0. The van der Waals surface area contributed by atoms with Crippen LogP contribution in [0.1, 0.15) is 24.8 Å². The number of rotatable bonds is 3. The zero-order chi connectivity index (χ0) is 13.9. The Morgan fingerprint density at radius 2 is 2.00 bits per heavy atom. The monoisotopic (exact) mass is 274 g/mol. The van der Waals surface area contributed by atoms with Crippen LogP contribution in [0.3, 0.4) is 0 Å². The van der Waals surface area contributed by atoms with Gasteiger partial charge >= 0.3 is 7.12 Å². The molecule has 2 aliphatic rings. The molecule has 0 radical (unpaired) electrons.